The molecule has 84 valence electrons. The van der Waals surface area contributed by atoms with Crippen LogP contribution in [0.25, 0.3) is 0 Å². The predicted octanol–water partition coefficient (Wildman–Crippen LogP) is 2.54. The maximum absolute atomic E-state index is 12.6. The van der Waals surface area contributed by atoms with E-state index in [4.69, 9.17) is 9.52 Å². The molecule has 0 aromatic carbocycles. The van der Waals surface area contributed by atoms with Gasteiger partial charge in [0.1, 0.15) is 5.76 Å². The van der Waals surface area contributed by atoms with Crippen molar-refractivity contribution in [3.63, 3.8) is 0 Å². The molecule has 0 saturated carbocycles. The second-order valence-electron chi connectivity index (χ2n) is 3.03. The van der Waals surface area contributed by atoms with Gasteiger partial charge in [-0.05, 0) is 18.6 Å². The highest BCUT2D eigenvalue weighted by atomic mass is 32.2. The SMILES string of the molecule is Cc1ccoc1CSCC(F)(F)C(=O)O. The van der Waals surface area contributed by atoms with Crippen LogP contribution in [0.2, 0.25) is 0 Å². The molecule has 0 bridgehead atoms. The van der Waals surface area contributed by atoms with E-state index in [9.17, 15) is 13.6 Å². The molecule has 0 aliphatic rings. The van der Waals surface area contributed by atoms with Gasteiger partial charge in [-0.15, -0.1) is 11.8 Å². The summed E-state index contributed by atoms with van der Waals surface area (Å²) in [5.74, 6) is -5.66. The number of aliphatic carboxylic acids is 1. The molecule has 1 aromatic heterocycles. The molecule has 0 amide bonds. The van der Waals surface area contributed by atoms with Crippen LogP contribution in [0.4, 0.5) is 8.78 Å². The lowest BCUT2D eigenvalue weighted by atomic mass is 10.3. The molecule has 1 heterocycles. The summed E-state index contributed by atoms with van der Waals surface area (Å²) in [5.41, 5.74) is 0.876. The average molecular weight is 236 g/mol. The molecule has 15 heavy (non-hydrogen) atoms. The fourth-order valence-electron chi connectivity index (χ4n) is 0.886. The average Bonchev–Trinajstić information content (AvgIpc) is 2.51. The minimum absolute atomic E-state index is 0.252. The van der Waals surface area contributed by atoms with Crippen LogP contribution < -0.4 is 0 Å². The Bertz CT molecular complexity index is 349. The summed E-state index contributed by atoms with van der Waals surface area (Å²) in [7, 11) is 0. The summed E-state index contributed by atoms with van der Waals surface area (Å²) in [6, 6.07) is 1.73. The first kappa shape index (κ1) is 12.0. The highest BCUT2D eigenvalue weighted by Gasteiger charge is 2.38. The van der Waals surface area contributed by atoms with Gasteiger partial charge in [-0.2, -0.15) is 8.78 Å². The van der Waals surface area contributed by atoms with Crippen molar-refractivity contribution < 1.29 is 23.1 Å². The maximum atomic E-state index is 12.6. The van der Waals surface area contributed by atoms with Gasteiger partial charge < -0.3 is 9.52 Å². The summed E-state index contributed by atoms with van der Waals surface area (Å²) in [6.07, 6.45) is 1.47. The molecule has 0 atom stereocenters. The van der Waals surface area contributed by atoms with Gasteiger partial charge >= 0.3 is 11.9 Å². The van der Waals surface area contributed by atoms with E-state index in [0.29, 0.717) is 5.76 Å². The molecule has 0 saturated heterocycles. The number of rotatable bonds is 5. The highest BCUT2D eigenvalue weighted by molar-refractivity contribution is 7.98. The molecule has 0 spiro atoms. The molecule has 1 aromatic rings. The van der Waals surface area contributed by atoms with Crippen LogP contribution in [0.15, 0.2) is 16.7 Å². The Morgan fingerprint density at radius 3 is 2.80 bits per heavy atom. The lowest BCUT2D eigenvalue weighted by Crippen LogP contribution is -2.30. The minimum atomic E-state index is -3.68. The minimum Gasteiger partial charge on any atom is -0.477 e. The third-order valence-electron chi connectivity index (χ3n) is 1.80. The van der Waals surface area contributed by atoms with E-state index in [1.807, 2.05) is 0 Å². The number of hydrogen-bond acceptors (Lipinski definition) is 3. The van der Waals surface area contributed by atoms with E-state index in [1.54, 1.807) is 13.0 Å². The molecular formula is C9H10F2O3S. The van der Waals surface area contributed by atoms with Crippen molar-refractivity contribution in [1.82, 2.24) is 0 Å². The summed E-state index contributed by atoms with van der Waals surface area (Å²) in [6.45, 7) is 1.80. The first-order chi connectivity index (χ1) is 6.93. The van der Waals surface area contributed by atoms with Crippen LogP contribution in [-0.4, -0.2) is 22.8 Å². The van der Waals surface area contributed by atoms with Gasteiger partial charge in [0.15, 0.2) is 0 Å². The summed E-state index contributed by atoms with van der Waals surface area (Å²) >= 11 is 0.836. The van der Waals surface area contributed by atoms with Crippen molar-refractivity contribution in [3.05, 3.63) is 23.7 Å². The van der Waals surface area contributed by atoms with Crippen molar-refractivity contribution >= 4 is 17.7 Å². The van der Waals surface area contributed by atoms with Gasteiger partial charge in [0.05, 0.1) is 17.8 Å². The summed E-state index contributed by atoms with van der Waals surface area (Å²) < 4.78 is 30.3. The second-order valence-corrected chi connectivity index (χ2v) is 4.01. The van der Waals surface area contributed by atoms with Crippen LogP contribution >= 0.6 is 11.8 Å². The smallest absolute Gasteiger partial charge is 0.375 e. The monoisotopic (exact) mass is 236 g/mol. The van der Waals surface area contributed by atoms with Gasteiger partial charge in [-0.3, -0.25) is 0 Å². The molecule has 3 nitrogen and oxygen atoms in total. The number of carboxylic acids is 1. The normalized spacial score (nSPS) is 11.7. The number of aryl methyl sites for hydroxylation is 1. The number of carbonyl (C=O) groups is 1. The summed E-state index contributed by atoms with van der Waals surface area (Å²) in [4.78, 5) is 10.1. The van der Waals surface area contributed by atoms with Crippen molar-refractivity contribution in [2.75, 3.05) is 5.75 Å². The Morgan fingerprint density at radius 1 is 1.67 bits per heavy atom. The van der Waals surface area contributed by atoms with Gasteiger partial charge in [0.2, 0.25) is 0 Å². The zero-order valence-electron chi connectivity index (χ0n) is 8.00. The molecule has 0 radical (unpaired) electrons. The molecule has 1 rings (SSSR count). The number of halogens is 2. The van der Waals surface area contributed by atoms with Crippen molar-refractivity contribution in [1.29, 1.82) is 0 Å². The highest BCUT2D eigenvalue weighted by Crippen LogP contribution is 2.24. The lowest BCUT2D eigenvalue weighted by Gasteiger charge is -2.09. The molecule has 1 N–H and O–H groups in total. The largest absolute Gasteiger partial charge is 0.477 e. The second kappa shape index (κ2) is 4.65. The number of carboxylic acid groups (broad SMARTS) is 1. The Balaban J connectivity index is 2.40. The van der Waals surface area contributed by atoms with Gasteiger partial charge in [0, 0.05) is 0 Å². The molecule has 0 fully saturated rings. The molecule has 0 unspecified atom stereocenters. The van der Waals surface area contributed by atoms with Crippen molar-refractivity contribution in [2.24, 2.45) is 0 Å². The maximum Gasteiger partial charge on any atom is 0.375 e. The Kier molecular flexibility index (Phi) is 3.73. The van der Waals surface area contributed by atoms with Crippen molar-refractivity contribution in [2.45, 2.75) is 18.6 Å². The fourth-order valence-corrected chi connectivity index (χ4v) is 1.85. The molecular weight excluding hydrogens is 226 g/mol. The van der Waals surface area contributed by atoms with Crippen LogP contribution in [0, 0.1) is 6.92 Å². The molecule has 6 heteroatoms. The van der Waals surface area contributed by atoms with E-state index in [1.165, 1.54) is 6.26 Å². The number of hydrogen-bond donors (Lipinski definition) is 1. The topological polar surface area (TPSA) is 50.4 Å². The van der Waals surface area contributed by atoms with E-state index in [2.05, 4.69) is 0 Å². The van der Waals surface area contributed by atoms with Crippen LogP contribution in [0.5, 0.6) is 0 Å². The van der Waals surface area contributed by atoms with Gasteiger partial charge in [0.25, 0.3) is 0 Å². The first-order valence-electron chi connectivity index (χ1n) is 4.15. The first-order valence-corrected chi connectivity index (χ1v) is 5.31. The lowest BCUT2D eigenvalue weighted by molar-refractivity contribution is -0.161. The van der Waals surface area contributed by atoms with E-state index in [-0.39, 0.29) is 5.75 Å². The zero-order valence-corrected chi connectivity index (χ0v) is 8.81. The van der Waals surface area contributed by atoms with Crippen molar-refractivity contribution in [3.8, 4) is 0 Å². The Labute approximate surface area is 89.5 Å². The third kappa shape index (κ3) is 3.23. The predicted molar refractivity (Wildman–Crippen MR) is 52.2 cm³/mol. The van der Waals surface area contributed by atoms with E-state index in [0.717, 1.165) is 17.3 Å². The van der Waals surface area contributed by atoms with E-state index >= 15 is 0 Å². The van der Waals surface area contributed by atoms with Gasteiger partial charge in [-0.1, -0.05) is 0 Å². The Hall–Kier alpha value is -1.04. The van der Waals surface area contributed by atoms with Crippen LogP contribution in [0.3, 0.4) is 0 Å². The van der Waals surface area contributed by atoms with E-state index < -0.39 is 17.6 Å². The van der Waals surface area contributed by atoms with Crippen LogP contribution in [-0.2, 0) is 10.5 Å². The standard InChI is InChI=1S/C9H10F2O3S/c1-6-2-3-14-7(6)4-15-5-9(10,11)8(12)13/h2-3H,4-5H2,1H3,(H,12,13). The quantitative estimate of drug-likeness (QED) is 0.853. The Morgan fingerprint density at radius 2 is 2.33 bits per heavy atom. The van der Waals surface area contributed by atoms with Crippen LogP contribution in [0.1, 0.15) is 11.3 Å². The number of thioether (sulfide) groups is 1. The molecule has 0 aliphatic heterocycles. The number of furan rings is 1. The zero-order chi connectivity index (χ0) is 11.5. The van der Waals surface area contributed by atoms with Gasteiger partial charge in [-0.25, -0.2) is 4.79 Å². The summed E-state index contributed by atoms with van der Waals surface area (Å²) in [5, 5.41) is 8.17. The number of alkyl halides is 2. The fraction of sp³-hybridized carbons (Fsp3) is 0.444. The molecule has 0 aliphatic carbocycles. The third-order valence-corrected chi connectivity index (χ3v) is 2.83.